The number of anilines is 2. The Morgan fingerprint density at radius 1 is 1.42 bits per heavy atom. The summed E-state index contributed by atoms with van der Waals surface area (Å²) in [7, 11) is 2.07. The van der Waals surface area contributed by atoms with Crippen LogP contribution in [0, 0.1) is 6.92 Å². The molecule has 106 valence electrons. The van der Waals surface area contributed by atoms with Crippen molar-refractivity contribution in [2.75, 3.05) is 37.0 Å². The summed E-state index contributed by atoms with van der Waals surface area (Å²) in [6.45, 7) is 6.78. The number of aromatic nitrogens is 2. The molecule has 0 radical (unpaired) electrons. The molecule has 0 aliphatic carbocycles. The highest BCUT2D eigenvalue weighted by Gasteiger charge is 2.18. The van der Waals surface area contributed by atoms with Gasteiger partial charge in [-0.3, -0.25) is 0 Å². The zero-order valence-electron chi connectivity index (χ0n) is 12.1. The van der Waals surface area contributed by atoms with Gasteiger partial charge in [0.15, 0.2) is 0 Å². The standard InChI is InChI=1S/C14H24N4O/c1-4-15-13-11(2)14(17-10-16-13)18(3)9-12-7-5-6-8-19-12/h10,12H,4-9H2,1-3H3,(H,15,16,17). The quantitative estimate of drug-likeness (QED) is 0.883. The predicted octanol–water partition coefficient (Wildman–Crippen LogP) is 2.22. The maximum Gasteiger partial charge on any atom is 0.136 e. The lowest BCUT2D eigenvalue weighted by Crippen LogP contribution is -2.34. The molecule has 1 aliphatic heterocycles. The van der Waals surface area contributed by atoms with Gasteiger partial charge in [-0.15, -0.1) is 0 Å². The Labute approximate surface area is 115 Å². The highest BCUT2D eigenvalue weighted by atomic mass is 16.5. The van der Waals surface area contributed by atoms with Gasteiger partial charge in [0.05, 0.1) is 6.10 Å². The van der Waals surface area contributed by atoms with Crippen molar-refractivity contribution in [3.8, 4) is 0 Å². The molecule has 1 unspecified atom stereocenters. The van der Waals surface area contributed by atoms with Crippen LogP contribution in [0.15, 0.2) is 6.33 Å². The van der Waals surface area contributed by atoms with Crippen LogP contribution in [0.25, 0.3) is 0 Å². The average Bonchev–Trinajstić information content (AvgIpc) is 2.42. The monoisotopic (exact) mass is 264 g/mol. The van der Waals surface area contributed by atoms with Crippen molar-refractivity contribution in [1.29, 1.82) is 0 Å². The molecule has 0 bridgehead atoms. The summed E-state index contributed by atoms with van der Waals surface area (Å²) in [5.74, 6) is 1.91. The summed E-state index contributed by atoms with van der Waals surface area (Å²) in [4.78, 5) is 10.9. The Balaban J connectivity index is 2.05. The Kier molecular flexibility index (Phi) is 4.96. The van der Waals surface area contributed by atoms with E-state index in [2.05, 4.69) is 41.1 Å². The predicted molar refractivity (Wildman–Crippen MR) is 77.8 cm³/mol. The van der Waals surface area contributed by atoms with Gasteiger partial charge in [0.1, 0.15) is 18.0 Å². The number of hydrogen-bond acceptors (Lipinski definition) is 5. The topological polar surface area (TPSA) is 50.3 Å². The summed E-state index contributed by atoms with van der Waals surface area (Å²) in [6, 6.07) is 0. The first kappa shape index (κ1) is 14.1. The molecule has 1 aromatic rings. The van der Waals surface area contributed by atoms with Crippen molar-refractivity contribution in [2.24, 2.45) is 0 Å². The van der Waals surface area contributed by atoms with Gasteiger partial charge in [-0.2, -0.15) is 0 Å². The highest BCUT2D eigenvalue weighted by molar-refractivity contribution is 5.57. The normalized spacial score (nSPS) is 19.2. The van der Waals surface area contributed by atoms with E-state index in [9.17, 15) is 0 Å². The average molecular weight is 264 g/mol. The summed E-state index contributed by atoms with van der Waals surface area (Å²) >= 11 is 0. The van der Waals surface area contributed by atoms with Gasteiger partial charge < -0.3 is 15.0 Å². The maximum atomic E-state index is 5.79. The lowest BCUT2D eigenvalue weighted by Gasteiger charge is -2.29. The van der Waals surface area contributed by atoms with Crippen LogP contribution in [0.5, 0.6) is 0 Å². The fraction of sp³-hybridized carbons (Fsp3) is 0.714. The van der Waals surface area contributed by atoms with Crippen LogP contribution in [0.2, 0.25) is 0 Å². The Morgan fingerprint density at radius 3 is 2.95 bits per heavy atom. The molecular formula is C14H24N4O. The molecule has 1 aromatic heterocycles. The number of rotatable bonds is 5. The van der Waals surface area contributed by atoms with Crippen LogP contribution >= 0.6 is 0 Å². The van der Waals surface area contributed by atoms with Crippen LogP contribution in [0.3, 0.4) is 0 Å². The molecule has 0 spiro atoms. The minimum atomic E-state index is 0.329. The number of ether oxygens (including phenoxy) is 1. The van der Waals surface area contributed by atoms with Gasteiger partial charge in [-0.1, -0.05) is 0 Å². The largest absolute Gasteiger partial charge is 0.376 e. The summed E-state index contributed by atoms with van der Waals surface area (Å²) in [5.41, 5.74) is 1.10. The summed E-state index contributed by atoms with van der Waals surface area (Å²) < 4.78 is 5.79. The van der Waals surface area contributed by atoms with Gasteiger partial charge in [-0.05, 0) is 33.1 Å². The van der Waals surface area contributed by atoms with Crippen LogP contribution in [-0.4, -0.2) is 42.8 Å². The van der Waals surface area contributed by atoms with E-state index in [1.54, 1.807) is 6.33 Å². The van der Waals surface area contributed by atoms with Gasteiger partial charge in [0.2, 0.25) is 0 Å². The third-order valence-electron chi connectivity index (χ3n) is 3.51. The smallest absolute Gasteiger partial charge is 0.136 e. The van der Waals surface area contributed by atoms with Crippen LogP contribution in [-0.2, 0) is 4.74 Å². The minimum absolute atomic E-state index is 0.329. The fourth-order valence-corrected chi connectivity index (χ4v) is 2.51. The third kappa shape index (κ3) is 3.56. The zero-order chi connectivity index (χ0) is 13.7. The Hall–Kier alpha value is -1.36. The molecule has 5 heteroatoms. The molecule has 2 rings (SSSR count). The van der Waals surface area contributed by atoms with Gasteiger partial charge in [0, 0.05) is 32.3 Å². The second-order valence-electron chi connectivity index (χ2n) is 5.07. The van der Waals surface area contributed by atoms with E-state index in [0.717, 1.165) is 43.3 Å². The molecule has 19 heavy (non-hydrogen) atoms. The molecule has 1 atom stereocenters. The van der Waals surface area contributed by atoms with Crippen molar-refractivity contribution in [1.82, 2.24) is 9.97 Å². The van der Waals surface area contributed by atoms with Crippen molar-refractivity contribution in [3.05, 3.63) is 11.9 Å². The molecule has 0 saturated carbocycles. The van der Waals surface area contributed by atoms with E-state index in [1.165, 1.54) is 12.8 Å². The Morgan fingerprint density at radius 2 is 2.26 bits per heavy atom. The van der Waals surface area contributed by atoms with E-state index in [1.807, 2.05) is 0 Å². The number of nitrogens with one attached hydrogen (secondary N) is 1. The maximum absolute atomic E-state index is 5.79. The lowest BCUT2D eigenvalue weighted by atomic mass is 10.1. The molecule has 5 nitrogen and oxygen atoms in total. The van der Waals surface area contributed by atoms with Crippen LogP contribution in [0.1, 0.15) is 31.7 Å². The number of nitrogens with zero attached hydrogens (tertiary/aromatic N) is 3. The zero-order valence-corrected chi connectivity index (χ0v) is 12.1. The van der Waals surface area contributed by atoms with E-state index in [4.69, 9.17) is 4.74 Å². The first-order valence-corrected chi connectivity index (χ1v) is 7.10. The van der Waals surface area contributed by atoms with E-state index >= 15 is 0 Å². The van der Waals surface area contributed by atoms with Crippen LogP contribution in [0.4, 0.5) is 11.6 Å². The van der Waals surface area contributed by atoms with Crippen molar-refractivity contribution >= 4 is 11.6 Å². The highest BCUT2D eigenvalue weighted by Crippen LogP contribution is 2.22. The van der Waals surface area contributed by atoms with Gasteiger partial charge in [0.25, 0.3) is 0 Å². The number of likely N-dealkylation sites (N-methyl/N-ethyl adjacent to an activating group) is 1. The molecule has 1 N–H and O–H groups in total. The summed E-state index contributed by atoms with van der Waals surface area (Å²) in [5, 5.41) is 3.27. The van der Waals surface area contributed by atoms with Crippen molar-refractivity contribution in [3.63, 3.8) is 0 Å². The fourth-order valence-electron chi connectivity index (χ4n) is 2.51. The van der Waals surface area contributed by atoms with Crippen molar-refractivity contribution < 1.29 is 4.74 Å². The molecule has 0 aromatic carbocycles. The van der Waals surface area contributed by atoms with E-state index in [0.29, 0.717) is 6.10 Å². The summed E-state index contributed by atoms with van der Waals surface area (Å²) in [6.07, 6.45) is 5.56. The van der Waals surface area contributed by atoms with E-state index in [-0.39, 0.29) is 0 Å². The van der Waals surface area contributed by atoms with Gasteiger partial charge >= 0.3 is 0 Å². The SMILES string of the molecule is CCNc1ncnc(N(C)CC2CCCCO2)c1C. The molecule has 1 aliphatic rings. The third-order valence-corrected chi connectivity index (χ3v) is 3.51. The first-order chi connectivity index (χ1) is 9.22. The molecule has 2 heterocycles. The Bertz CT molecular complexity index is 404. The number of hydrogen-bond donors (Lipinski definition) is 1. The molecule has 1 saturated heterocycles. The minimum Gasteiger partial charge on any atom is -0.376 e. The molecular weight excluding hydrogens is 240 g/mol. The van der Waals surface area contributed by atoms with Crippen molar-refractivity contribution in [2.45, 2.75) is 39.2 Å². The van der Waals surface area contributed by atoms with Crippen LogP contribution < -0.4 is 10.2 Å². The van der Waals surface area contributed by atoms with Gasteiger partial charge in [-0.25, -0.2) is 9.97 Å². The first-order valence-electron chi connectivity index (χ1n) is 7.10. The molecule has 1 fully saturated rings. The molecule has 0 amide bonds. The van der Waals surface area contributed by atoms with E-state index < -0.39 is 0 Å². The second-order valence-corrected chi connectivity index (χ2v) is 5.07. The lowest BCUT2D eigenvalue weighted by molar-refractivity contribution is 0.0215. The second kappa shape index (κ2) is 6.70.